The van der Waals surface area contributed by atoms with Crippen LogP contribution < -0.4 is 10.1 Å². The Labute approximate surface area is 224 Å². The van der Waals surface area contributed by atoms with Gasteiger partial charge in [-0.15, -0.1) is 0 Å². The molecule has 0 unspecified atom stereocenters. The third-order valence-corrected chi connectivity index (χ3v) is 7.55. The minimum atomic E-state index is 0.0262. The van der Waals surface area contributed by atoms with E-state index in [0.717, 1.165) is 41.7 Å². The fourth-order valence-electron chi connectivity index (χ4n) is 4.07. The number of nitrogens with zero attached hydrogens (tertiary/aromatic N) is 5. The number of amides is 1. The number of ether oxygens (including phenoxy) is 1. The molecule has 1 aliphatic rings. The van der Waals surface area contributed by atoms with Crippen LogP contribution in [0.3, 0.4) is 0 Å². The summed E-state index contributed by atoms with van der Waals surface area (Å²) in [5, 5.41) is 4.84. The van der Waals surface area contributed by atoms with Gasteiger partial charge in [-0.2, -0.15) is 4.37 Å². The van der Waals surface area contributed by atoms with Crippen molar-refractivity contribution in [3.8, 4) is 11.5 Å². The van der Waals surface area contributed by atoms with Crippen molar-refractivity contribution >= 4 is 40.2 Å². The van der Waals surface area contributed by atoms with E-state index < -0.39 is 0 Å². The highest BCUT2D eigenvalue weighted by molar-refractivity contribution is 7.99. The van der Waals surface area contributed by atoms with E-state index >= 15 is 0 Å². The van der Waals surface area contributed by atoms with Gasteiger partial charge in [-0.05, 0) is 37.1 Å². The number of para-hydroxylation sites is 1. The smallest absolute Gasteiger partial charge is 0.225 e. The molecule has 1 N–H and O–H groups in total. The third kappa shape index (κ3) is 6.44. The number of anilines is 2. The van der Waals surface area contributed by atoms with Crippen molar-refractivity contribution in [3.05, 3.63) is 72.8 Å². The number of piperidine rings is 1. The van der Waals surface area contributed by atoms with E-state index in [1.807, 2.05) is 73.3 Å². The Morgan fingerprint density at radius 3 is 2.62 bits per heavy atom. The van der Waals surface area contributed by atoms with Crippen molar-refractivity contribution in [2.75, 3.05) is 18.4 Å². The molecule has 0 saturated carbocycles. The number of hydrogen-bond donors (Lipinski definition) is 1. The summed E-state index contributed by atoms with van der Waals surface area (Å²) in [7, 11) is 0. The predicted octanol–water partition coefficient (Wildman–Crippen LogP) is 6.38. The maximum absolute atomic E-state index is 12.3. The van der Waals surface area contributed by atoms with Crippen LogP contribution in [0, 0.1) is 5.92 Å². The zero-order valence-corrected chi connectivity index (χ0v) is 22.3. The summed E-state index contributed by atoms with van der Waals surface area (Å²) in [5.41, 5.74) is 0. The van der Waals surface area contributed by atoms with Crippen molar-refractivity contribution in [3.63, 3.8) is 0 Å². The molecule has 0 spiro atoms. The van der Waals surface area contributed by atoms with Crippen molar-refractivity contribution in [2.24, 2.45) is 5.92 Å². The van der Waals surface area contributed by atoms with E-state index in [-0.39, 0.29) is 17.7 Å². The molecule has 4 heterocycles. The number of carbonyl (C=O) groups excluding carboxylic acids is 1. The number of benzene rings is 1. The van der Waals surface area contributed by atoms with Gasteiger partial charge in [0.05, 0.1) is 0 Å². The molecule has 0 bridgehead atoms. The maximum atomic E-state index is 12.3. The Bertz CT molecular complexity index is 1330. The van der Waals surface area contributed by atoms with E-state index in [1.54, 1.807) is 12.4 Å². The number of nitrogens with one attached hydrogen (secondary N) is 1. The molecule has 10 heteroatoms. The second-order valence-electron chi connectivity index (χ2n) is 9.04. The lowest BCUT2D eigenvalue weighted by molar-refractivity contribution is -0.135. The predicted molar refractivity (Wildman–Crippen MR) is 146 cm³/mol. The Morgan fingerprint density at radius 2 is 1.89 bits per heavy atom. The third-order valence-electron chi connectivity index (χ3n) is 5.99. The number of likely N-dealkylation sites (tertiary alicyclic amines) is 1. The first-order valence-electron chi connectivity index (χ1n) is 12.3. The lowest BCUT2D eigenvalue weighted by Crippen LogP contribution is -2.40. The van der Waals surface area contributed by atoms with Gasteiger partial charge in [0.25, 0.3) is 0 Å². The lowest BCUT2D eigenvalue weighted by atomic mass is 9.95. The van der Waals surface area contributed by atoms with Gasteiger partial charge in [0.15, 0.2) is 11.6 Å². The van der Waals surface area contributed by atoms with Crippen LogP contribution >= 0.6 is 23.3 Å². The van der Waals surface area contributed by atoms with Gasteiger partial charge < -0.3 is 15.0 Å². The molecule has 1 amide bonds. The molecule has 1 fully saturated rings. The van der Waals surface area contributed by atoms with Gasteiger partial charge in [0.2, 0.25) is 11.0 Å². The normalized spacial score (nSPS) is 14.1. The summed E-state index contributed by atoms with van der Waals surface area (Å²) in [6, 6.07) is 17.4. The maximum Gasteiger partial charge on any atom is 0.225 e. The second-order valence-corrected chi connectivity index (χ2v) is 10.9. The quantitative estimate of drug-likeness (QED) is 0.280. The molecule has 5 rings (SSSR count). The van der Waals surface area contributed by atoms with Crippen molar-refractivity contribution in [1.29, 1.82) is 0 Å². The summed E-state index contributed by atoms with van der Waals surface area (Å²) >= 11 is 2.83. The van der Waals surface area contributed by atoms with Crippen molar-refractivity contribution < 1.29 is 9.53 Å². The van der Waals surface area contributed by atoms with Crippen LogP contribution in [-0.4, -0.2) is 43.2 Å². The van der Waals surface area contributed by atoms with Gasteiger partial charge in [0, 0.05) is 59.8 Å². The van der Waals surface area contributed by atoms with Gasteiger partial charge in [-0.3, -0.25) is 4.79 Å². The highest BCUT2D eigenvalue weighted by Gasteiger charge is 2.27. The highest BCUT2D eigenvalue weighted by Crippen LogP contribution is 2.36. The fourth-order valence-corrected chi connectivity index (χ4v) is 5.49. The number of rotatable bonds is 8. The largest absolute Gasteiger partial charge is 0.453 e. The molecule has 1 saturated heterocycles. The van der Waals surface area contributed by atoms with Crippen LogP contribution in [0.1, 0.15) is 38.4 Å². The highest BCUT2D eigenvalue weighted by atomic mass is 32.2. The van der Waals surface area contributed by atoms with E-state index in [0.29, 0.717) is 22.4 Å². The van der Waals surface area contributed by atoms with Crippen molar-refractivity contribution in [2.45, 2.75) is 42.5 Å². The molecule has 4 aromatic rings. The number of carbonyl (C=O) groups is 1. The molecule has 3 aromatic heterocycles. The molecule has 1 aromatic carbocycles. The zero-order valence-electron chi connectivity index (χ0n) is 20.7. The molecule has 1 aliphatic heterocycles. The van der Waals surface area contributed by atoms with Gasteiger partial charge in [0.1, 0.15) is 16.6 Å². The van der Waals surface area contributed by atoms with Crippen LogP contribution in [-0.2, 0) is 4.79 Å². The van der Waals surface area contributed by atoms with Crippen LogP contribution in [0.2, 0.25) is 0 Å². The lowest BCUT2D eigenvalue weighted by Gasteiger charge is -2.32. The molecule has 190 valence electrons. The Hall–Kier alpha value is -3.50. The summed E-state index contributed by atoms with van der Waals surface area (Å²) in [4.78, 5) is 29.0. The first-order chi connectivity index (χ1) is 18.0. The van der Waals surface area contributed by atoms with E-state index in [9.17, 15) is 4.79 Å². The molecular formula is C27H28N6O2S2. The average molecular weight is 533 g/mol. The minimum Gasteiger partial charge on any atom is -0.453 e. The van der Waals surface area contributed by atoms with Gasteiger partial charge in [-0.1, -0.05) is 49.9 Å². The summed E-state index contributed by atoms with van der Waals surface area (Å²) in [6.07, 6.45) is 5.30. The van der Waals surface area contributed by atoms with Gasteiger partial charge in [-0.25, -0.2) is 15.0 Å². The Balaban J connectivity index is 1.31. The zero-order chi connectivity index (χ0) is 25.6. The summed E-state index contributed by atoms with van der Waals surface area (Å²) in [5.74, 6) is 3.17. The number of aromatic nitrogens is 4. The van der Waals surface area contributed by atoms with Crippen LogP contribution in [0.15, 0.2) is 76.9 Å². The van der Waals surface area contributed by atoms with Gasteiger partial charge >= 0.3 is 0 Å². The molecule has 37 heavy (non-hydrogen) atoms. The standard InChI is InChI=1S/C27H28N6O2S2/c1-18(2)26(34)33-14-11-19(12-15-33)24-30-27(37-32-24)31-25-22(35-20-8-4-3-5-9-20)16-21(17-29-25)36-23-10-6-7-13-28-23/h3-10,13,16-19H,11-12,14-15H2,1-2H3,(H,29,30,31,32). The van der Waals surface area contributed by atoms with E-state index in [2.05, 4.69) is 19.7 Å². The minimum absolute atomic E-state index is 0.0262. The summed E-state index contributed by atoms with van der Waals surface area (Å²) < 4.78 is 10.8. The molecular weight excluding hydrogens is 504 g/mol. The Morgan fingerprint density at radius 1 is 1.11 bits per heavy atom. The molecule has 0 atom stereocenters. The first-order valence-corrected chi connectivity index (χ1v) is 13.9. The number of hydrogen-bond acceptors (Lipinski definition) is 9. The van der Waals surface area contributed by atoms with Crippen LogP contribution in [0.25, 0.3) is 0 Å². The monoisotopic (exact) mass is 532 g/mol. The van der Waals surface area contributed by atoms with Crippen LogP contribution in [0.4, 0.5) is 10.9 Å². The summed E-state index contributed by atoms with van der Waals surface area (Å²) in [6.45, 7) is 5.38. The van der Waals surface area contributed by atoms with Crippen molar-refractivity contribution in [1.82, 2.24) is 24.2 Å². The molecule has 0 aliphatic carbocycles. The Kier molecular flexibility index (Phi) is 7.96. The topological polar surface area (TPSA) is 93.1 Å². The second kappa shape index (κ2) is 11.7. The van der Waals surface area contributed by atoms with Crippen LogP contribution in [0.5, 0.6) is 11.5 Å². The number of pyridine rings is 2. The SMILES string of the molecule is CC(C)C(=O)N1CCC(c2nsc(Nc3ncc(Sc4ccccn4)cc3Oc3ccccc3)n2)CC1. The first kappa shape index (κ1) is 25.2. The fraction of sp³-hybridized carbons (Fsp3) is 0.296. The molecule has 8 nitrogen and oxygen atoms in total. The van der Waals surface area contributed by atoms with E-state index in [1.165, 1.54) is 23.3 Å². The molecule has 0 radical (unpaired) electrons. The average Bonchev–Trinajstić information content (AvgIpc) is 3.39. The van der Waals surface area contributed by atoms with E-state index in [4.69, 9.17) is 9.72 Å².